The van der Waals surface area contributed by atoms with Gasteiger partial charge in [-0.3, -0.25) is 8.22 Å². The summed E-state index contributed by atoms with van der Waals surface area (Å²) >= 11 is 0. The highest BCUT2D eigenvalue weighted by Gasteiger charge is 2.25. The summed E-state index contributed by atoms with van der Waals surface area (Å²) in [5.41, 5.74) is 0. The van der Waals surface area contributed by atoms with Crippen molar-refractivity contribution in [3.63, 3.8) is 0 Å². The van der Waals surface area contributed by atoms with E-state index in [4.69, 9.17) is 0 Å². The van der Waals surface area contributed by atoms with Gasteiger partial charge in [0.25, 0.3) is 0 Å². The first-order valence-electron chi connectivity index (χ1n) is 2.94. The molecule has 0 aromatic carbocycles. The molecular formula is C5H12F2Si. The summed E-state index contributed by atoms with van der Waals surface area (Å²) in [6.07, 6.45) is 1.58. The lowest BCUT2D eigenvalue weighted by molar-refractivity contribution is 0.595. The summed E-state index contributed by atoms with van der Waals surface area (Å²) in [4.78, 5) is 0. The Balaban J connectivity index is 3.11. The summed E-state index contributed by atoms with van der Waals surface area (Å²) in [5.74, 6) is 0. The summed E-state index contributed by atoms with van der Waals surface area (Å²) in [5, 5.41) is 0. The predicted molar refractivity (Wildman–Crippen MR) is 33.5 cm³/mol. The van der Waals surface area contributed by atoms with Crippen molar-refractivity contribution in [2.45, 2.75) is 32.4 Å². The van der Waals surface area contributed by atoms with Gasteiger partial charge in [0, 0.05) is 0 Å². The first-order chi connectivity index (χ1) is 3.56. The van der Waals surface area contributed by atoms with Crippen LogP contribution < -0.4 is 0 Å². The van der Waals surface area contributed by atoms with Crippen molar-refractivity contribution < 1.29 is 8.22 Å². The molecule has 0 bridgehead atoms. The molecule has 0 amide bonds. The van der Waals surface area contributed by atoms with Gasteiger partial charge in [0.05, 0.1) is 0 Å². The SMILES string of the molecule is CCCC[Si](C)(F)F. The molecule has 50 valence electrons. The van der Waals surface area contributed by atoms with Crippen molar-refractivity contribution in [2.24, 2.45) is 0 Å². The van der Waals surface area contributed by atoms with E-state index in [2.05, 4.69) is 0 Å². The van der Waals surface area contributed by atoms with Crippen LogP contribution in [0.3, 0.4) is 0 Å². The van der Waals surface area contributed by atoms with Crippen molar-refractivity contribution in [1.82, 2.24) is 0 Å². The molecule has 0 radical (unpaired) electrons. The summed E-state index contributed by atoms with van der Waals surface area (Å²) in [6, 6.07) is 0.170. The minimum absolute atomic E-state index is 0.170. The molecule has 0 aromatic rings. The van der Waals surface area contributed by atoms with Crippen LogP contribution >= 0.6 is 0 Å². The Kier molecular flexibility index (Phi) is 3.20. The smallest absolute Gasteiger partial charge is 0.271 e. The Morgan fingerprint density at radius 3 is 2.00 bits per heavy atom. The van der Waals surface area contributed by atoms with Gasteiger partial charge in [-0.25, -0.2) is 0 Å². The van der Waals surface area contributed by atoms with Crippen molar-refractivity contribution >= 4 is 8.74 Å². The van der Waals surface area contributed by atoms with Crippen LogP contribution in [-0.4, -0.2) is 8.74 Å². The van der Waals surface area contributed by atoms with Crippen LogP contribution in [-0.2, 0) is 0 Å². The number of hydrogen-bond donors (Lipinski definition) is 0. The molecule has 0 heterocycles. The van der Waals surface area contributed by atoms with Crippen LogP contribution in [0.25, 0.3) is 0 Å². The summed E-state index contributed by atoms with van der Waals surface area (Å²) in [6.45, 7) is 3.03. The molecule has 8 heavy (non-hydrogen) atoms. The number of halogens is 2. The topological polar surface area (TPSA) is 0 Å². The molecular weight excluding hydrogens is 126 g/mol. The van der Waals surface area contributed by atoms with E-state index in [0.717, 1.165) is 13.0 Å². The van der Waals surface area contributed by atoms with Gasteiger partial charge in [-0.2, -0.15) is 0 Å². The molecule has 0 aliphatic carbocycles. The average molecular weight is 138 g/mol. The number of hydrogen-bond acceptors (Lipinski definition) is 0. The third-order valence-electron chi connectivity index (χ3n) is 0.969. The molecule has 0 rings (SSSR count). The van der Waals surface area contributed by atoms with E-state index in [-0.39, 0.29) is 6.04 Å². The van der Waals surface area contributed by atoms with Gasteiger partial charge >= 0.3 is 8.74 Å². The van der Waals surface area contributed by atoms with Crippen molar-refractivity contribution in [3.05, 3.63) is 0 Å². The zero-order valence-electron chi connectivity index (χ0n) is 5.38. The highest BCUT2D eigenvalue weighted by Crippen LogP contribution is 2.15. The molecule has 0 aliphatic rings. The van der Waals surface area contributed by atoms with Crippen molar-refractivity contribution in [1.29, 1.82) is 0 Å². The van der Waals surface area contributed by atoms with Gasteiger partial charge in [-0.1, -0.05) is 19.8 Å². The van der Waals surface area contributed by atoms with E-state index in [1.54, 1.807) is 0 Å². The Morgan fingerprint density at radius 2 is 1.88 bits per heavy atom. The van der Waals surface area contributed by atoms with Gasteiger partial charge in [-0.15, -0.1) is 0 Å². The van der Waals surface area contributed by atoms with Gasteiger partial charge in [0.2, 0.25) is 0 Å². The zero-order valence-corrected chi connectivity index (χ0v) is 6.38. The zero-order chi connectivity index (χ0) is 6.62. The second-order valence-corrected chi connectivity index (χ2v) is 4.81. The molecule has 0 spiro atoms. The van der Waals surface area contributed by atoms with E-state index in [9.17, 15) is 8.22 Å². The normalized spacial score (nSPS) is 12.0. The van der Waals surface area contributed by atoms with Crippen LogP contribution in [0.1, 0.15) is 19.8 Å². The van der Waals surface area contributed by atoms with Gasteiger partial charge in [0.1, 0.15) is 0 Å². The van der Waals surface area contributed by atoms with Crippen LogP contribution in [0, 0.1) is 0 Å². The Hall–Kier alpha value is 0.0769. The Labute approximate surface area is 50.3 Å². The molecule has 0 atom stereocenters. The molecule has 0 aromatic heterocycles. The minimum Gasteiger partial charge on any atom is -0.271 e. The largest absolute Gasteiger partial charge is 0.422 e. The maximum atomic E-state index is 12.0. The van der Waals surface area contributed by atoms with Gasteiger partial charge < -0.3 is 0 Å². The Morgan fingerprint density at radius 1 is 1.38 bits per heavy atom. The van der Waals surface area contributed by atoms with Crippen molar-refractivity contribution in [2.75, 3.05) is 0 Å². The van der Waals surface area contributed by atoms with Gasteiger partial charge in [0.15, 0.2) is 0 Å². The Bertz CT molecular complexity index is 57.9. The lowest BCUT2D eigenvalue weighted by Gasteiger charge is -2.02. The van der Waals surface area contributed by atoms with E-state index in [1.165, 1.54) is 0 Å². The molecule has 0 saturated heterocycles. The molecule has 0 nitrogen and oxygen atoms in total. The molecule has 0 fully saturated rings. The standard InChI is InChI=1S/C5H12F2Si/c1-3-4-5-8(2,6)7/h3-5H2,1-2H3. The van der Waals surface area contributed by atoms with E-state index < -0.39 is 8.74 Å². The molecule has 0 unspecified atom stereocenters. The minimum atomic E-state index is -3.68. The first-order valence-corrected chi connectivity index (χ1v) is 5.40. The lowest BCUT2D eigenvalue weighted by atomic mass is 10.4. The fourth-order valence-electron chi connectivity index (χ4n) is 0.487. The third kappa shape index (κ3) is 6.08. The highest BCUT2D eigenvalue weighted by molar-refractivity contribution is 6.64. The van der Waals surface area contributed by atoms with Crippen LogP contribution in [0.2, 0.25) is 12.6 Å². The molecule has 3 heteroatoms. The van der Waals surface area contributed by atoms with Gasteiger partial charge in [-0.05, 0) is 12.6 Å². The molecule has 0 aliphatic heterocycles. The maximum absolute atomic E-state index is 12.0. The fraction of sp³-hybridized carbons (Fsp3) is 1.00. The van der Waals surface area contributed by atoms with Crippen LogP contribution in [0.4, 0.5) is 8.22 Å². The monoisotopic (exact) mass is 138 g/mol. The van der Waals surface area contributed by atoms with Crippen LogP contribution in [0.5, 0.6) is 0 Å². The van der Waals surface area contributed by atoms with Crippen molar-refractivity contribution in [3.8, 4) is 0 Å². The van der Waals surface area contributed by atoms with Crippen LogP contribution in [0.15, 0.2) is 0 Å². The summed E-state index contributed by atoms with van der Waals surface area (Å²) in [7, 11) is -3.68. The fourth-order valence-corrected chi connectivity index (χ4v) is 1.46. The predicted octanol–water partition coefficient (Wildman–Crippen LogP) is 2.80. The quantitative estimate of drug-likeness (QED) is 0.415. The second kappa shape index (κ2) is 3.17. The highest BCUT2D eigenvalue weighted by atomic mass is 28.4. The maximum Gasteiger partial charge on any atom is 0.422 e. The number of unbranched alkanes of at least 4 members (excludes halogenated alkanes) is 1. The lowest BCUT2D eigenvalue weighted by Crippen LogP contribution is -2.14. The number of rotatable bonds is 3. The average Bonchev–Trinajstić information content (AvgIpc) is 1.59. The summed E-state index contributed by atoms with van der Waals surface area (Å²) < 4.78 is 24.1. The third-order valence-corrected chi connectivity index (χ3v) is 2.20. The van der Waals surface area contributed by atoms with E-state index >= 15 is 0 Å². The van der Waals surface area contributed by atoms with E-state index in [1.807, 2.05) is 6.92 Å². The second-order valence-electron chi connectivity index (χ2n) is 2.17. The van der Waals surface area contributed by atoms with E-state index in [0.29, 0.717) is 6.42 Å². The molecule has 0 saturated carbocycles. The first kappa shape index (κ1) is 8.08. The molecule has 0 N–H and O–H groups in total.